The smallest absolute Gasteiger partial charge is 0.391 e. The molecule has 3 heterocycles. The van der Waals surface area contributed by atoms with Crippen LogP contribution in [0.3, 0.4) is 0 Å². The number of anilines is 1. The molecule has 2 aromatic rings. The Morgan fingerprint density at radius 1 is 1.28 bits per heavy atom. The molecule has 1 saturated heterocycles. The Morgan fingerprint density at radius 2 is 2.00 bits per heavy atom. The first-order valence-corrected chi connectivity index (χ1v) is 11.8. The van der Waals surface area contributed by atoms with Gasteiger partial charge in [0.2, 0.25) is 5.88 Å². The molecule has 32 heavy (non-hydrogen) atoms. The molecule has 0 bridgehead atoms. The lowest BCUT2D eigenvalue weighted by molar-refractivity contribution is 0.132. The molecule has 2 aromatic heterocycles. The van der Waals surface area contributed by atoms with Crippen molar-refractivity contribution in [3.63, 3.8) is 0 Å². The molecule has 0 saturated carbocycles. The number of thiol groups is 1. The Morgan fingerprint density at radius 3 is 2.56 bits per heavy atom. The molecule has 174 valence electrons. The van der Waals surface area contributed by atoms with Crippen molar-refractivity contribution in [2.24, 2.45) is 13.0 Å². The van der Waals surface area contributed by atoms with Crippen LogP contribution in [0.4, 0.5) is 15.3 Å². The standard InChI is InChI=1S/C21H30N6O3S2/c1-21(2,3)24-18(28)27(31)16-5-6-17(23-13-16)30-20(29)26-10-7-15(8-11-26)14-32-19-22-9-12-25(19)4/h5-6,9,12-13,15,31H,7-8,10-11,14H2,1-4H3,(H,24,28). The predicted octanol–water partition coefficient (Wildman–Crippen LogP) is 3.98. The summed E-state index contributed by atoms with van der Waals surface area (Å²) in [4.78, 5) is 34.9. The molecule has 0 unspecified atom stereocenters. The average molecular weight is 479 g/mol. The Bertz CT molecular complexity index is 920. The third-order valence-corrected chi connectivity index (χ3v) is 6.63. The molecule has 3 amide bonds. The minimum atomic E-state index is -0.409. The van der Waals surface area contributed by atoms with Gasteiger partial charge in [-0.2, -0.15) is 0 Å². The van der Waals surface area contributed by atoms with E-state index in [1.807, 2.05) is 38.6 Å². The zero-order valence-electron chi connectivity index (χ0n) is 18.8. The van der Waals surface area contributed by atoms with Gasteiger partial charge in [-0.25, -0.2) is 23.9 Å². The lowest BCUT2D eigenvalue weighted by atomic mass is 9.99. The monoisotopic (exact) mass is 478 g/mol. The SMILES string of the molecule is Cn1ccnc1SCC1CCN(C(=O)Oc2ccc(N(S)C(=O)NC(C)(C)C)cn2)CC1. The van der Waals surface area contributed by atoms with Gasteiger partial charge in [-0.15, -0.1) is 0 Å². The Balaban J connectivity index is 1.45. The number of carbonyl (C=O) groups is 2. The number of imidazole rings is 1. The minimum Gasteiger partial charge on any atom is -0.391 e. The number of rotatable bonds is 5. The van der Waals surface area contributed by atoms with Gasteiger partial charge in [0.25, 0.3) is 0 Å². The molecule has 0 radical (unpaired) electrons. The minimum absolute atomic E-state index is 0.184. The first-order chi connectivity index (χ1) is 15.1. The average Bonchev–Trinajstić information content (AvgIpc) is 3.16. The zero-order chi connectivity index (χ0) is 23.3. The molecule has 0 aromatic carbocycles. The van der Waals surface area contributed by atoms with Crippen LogP contribution in [0, 0.1) is 5.92 Å². The first-order valence-electron chi connectivity index (χ1n) is 10.5. The number of carbonyl (C=O) groups excluding carboxylic acids is 2. The molecule has 9 nitrogen and oxygen atoms in total. The maximum Gasteiger partial charge on any atom is 0.416 e. The molecule has 0 aliphatic carbocycles. The highest BCUT2D eigenvalue weighted by atomic mass is 32.2. The van der Waals surface area contributed by atoms with Crippen LogP contribution in [0.2, 0.25) is 0 Å². The van der Waals surface area contributed by atoms with Crippen LogP contribution in [0.5, 0.6) is 5.88 Å². The summed E-state index contributed by atoms with van der Waals surface area (Å²) in [6, 6.07) is 2.82. The summed E-state index contributed by atoms with van der Waals surface area (Å²) in [5.41, 5.74) is 0.0895. The fourth-order valence-electron chi connectivity index (χ4n) is 3.17. The highest BCUT2D eigenvalue weighted by Gasteiger charge is 2.25. The van der Waals surface area contributed by atoms with E-state index >= 15 is 0 Å². The van der Waals surface area contributed by atoms with Gasteiger partial charge >= 0.3 is 12.1 Å². The topological polar surface area (TPSA) is 92.6 Å². The van der Waals surface area contributed by atoms with E-state index in [-0.39, 0.29) is 17.5 Å². The van der Waals surface area contributed by atoms with E-state index in [9.17, 15) is 9.59 Å². The number of urea groups is 1. The summed E-state index contributed by atoms with van der Waals surface area (Å²) in [5.74, 6) is 1.71. The van der Waals surface area contributed by atoms with Crippen molar-refractivity contribution in [1.82, 2.24) is 24.8 Å². The largest absolute Gasteiger partial charge is 0.416 e. The van der Waals surface area contributed by atoms with Crippen molar-refractivity contribution in [3.8, 4) is 5.88 Å². The lowest BCUT2D eigenvalue weighted by Crippen LogP contribution is -2.45. The number of hydrogen-bond donors (Lipinski definition) is 2. The van der Waals surface area contributed by atoms with Gasteiger partial charge in [0.15, 0.2) is 5.16 Å². The van der Waals surface area contributed by atoms with Crippen LogP contribution in [-0.4, -0.2) is 55.9 Å². The second-order valence-corrected chi connectivity index (χ2v) is 10.2. The number of thioether (sulfide) groups is 1. The maximum atomic E-state index is 12.5. The van der Waals surface area contributed by atoms with Crippen LogP contribution in [0.15, 0.2) is 35.9 Å². The Labute approximate surface area is 198 Å². The Hall–Kier alpha value is -2.40. The first kappa shape index (κ1) is 24.2. The number of nitrogens with zero attached hydrogens (tertiary/aromatic N) is 5. The third-order valence-electron chi connectivity index (χ3n) is 4.93. The molecular formula is C21H30N6O3S2. The van der Waals surface area contributed by atoms with Crippen LogP contribution < -0.4 is 14.4 Å². The van der Waals surface area contributed by atoms with Gasteiger partial charge in [-0.3, -0.25) is 0 Å². The summed E-state index contributed by atoms with van der Waals surface area (Å²) in [5, 5.41) is 3.83. The number of ether oxygens (including phenoxy) is 1. The van der Waals surface area contributed by atoms with E-state index < -0.39 is 6.09 Å². The van der Waals surface area contributed by atoms with Crippen LogP contribution in [-0.2, 0) is 7.05 Å². The van der Waals surface area contributed by atoms with Gasteiger partial charge in [-0.1, -0.05) is 24.6 Å². The Kier molecular flexibility index (Phi) is 7.94. The van der Waals surface area contributed by atoms with Crippen molar-refractivity contribution in [2.75, 3.05) is 23.1 Å². The van der Waals surface area contributed by atoms with Crippen LogP contribution in [0.1, 0.15) is 33.6 Å². The van der Waals surface area contributed by atoms with Gasteiger partial charge in [-0.05, 0) is 45.6 Å². The van der Waals surface area contributed by atoms with E-state index in [4.69, 9.17) is 4.74 Å². The van der Waals surface area contributed by atoms with Crippen molar-refractivity contribution in [1.29, 1.82) is 0 Å². The maximum absolute atomic E-state index is 12.5. The van der Waals surface area contributed by atoms with E-state index in [0.717, 1.165) is 28.1 Å². The molecule has 1 N–H and O–H groups in total. The van der Waals surface area contributed by atoms with Gasteiger partial charge in [0.05, 0.1) is 11.9 Å². The molecule has 1 aliphatic rings. The quantitative estimate of drug-likeness (QED) is 0.499. The normalized spacial score (nSPS) is 14.8. The summed E-state index contributed by atoms with van der Waals surface area (Å²) < 4.78 is 8.59. The van der Waals surface area contributed by atoms with Crippen molar-refractivity contribution in [2.45, 2.75) is 44.3 Å². The van der Waals surface area contributed by atoms with E-state index in [1.165, 1.54) is 6.20 Å². The highest BCUT2D eigenvalue weighted by Crippen LogP contribution is 2.26. The van der Waals surface area contributed by atoms with Gasteiger partial charge in [0.1, 0.15) is 0 Å². The number of amides is 3. The van der Waals surface area contributed by atoms with Crippen LogP contribution in [0.25, 0.3) is 0 Å². The lowest BCUT2D eigenvalue weighted by Gasteiger charge is -2.30. The molecule has 0 atom stereocenters. The molecule has 3 rings (SSSR count). The summed E-state index contributed by atoms with van der Waals surface area (Å²) >= 11 is 5.97. The van der Waals surface area contributed by atoms with Crippen LogP contribution >= 0.6 is 24.6 Å². The summed E-state index contributed by atoms with van der Waals surface area (Å²) in [6.07, 6.45) is 6.63. The highest BCUT2D eigenvalue weighted by molar-refractivity contribution is 7.99. The fraction of sp³-hybridized carbons (Fsp3) is 0.524. The number of pyridine rings is 1. The van der Waals surface area contributed by atoms with Gasteiger partial charge in [0, 0.05) is 49.9 Å². The zero-order valence-corrected chi connectivity index (χ0v) is 20.5. The fourth-order valence-corrected chi connectivity index (χ4v) is 4.46. The number of hydrogen-bond acceptors (Lipinski definition) is 7. The van der Waals surface area contributed by atoms with Crippen molar-refractivity contribution in [3.05, 3.63) is 30.7 Å². The second kappa shape index (κ2) is 10.5. The van der Waals surface area contributed by atoms with Gasteiger partial charge < -0.3 is 19.5 Å². The predicted molar refractivity (Wildman–Crippen MR) is 128 cm³/mol. The second-order valence-electron chi connectivity index (χ2n) is 8.78. The molecular weight excluding hydrogens is 448 g/mol. The van der Waals surface area contributed by atoms with E-state index in [0.29, 0.717) is 24.7 Å². The number of nitrogens with one attached hydrogen (secondary N) is 1. The van der Waals surface area contributed by atoms with E-state index in [1.54, 1.807) is 35.0 Å². The number of piperidine rings is 1. The number of aromatic nitrogens is 3. The summed E-state index contributed by atoms with van der Waals surface area (Å²) in [7, 11) is 1.99. The molecule has 1 aliphatic heterocycles. The molecule has 0 spiro atoms. The van der Waals surface area contributed by atoms with Crippen molar-refractivity contribution >= 4 is 42.4 Å². The third kappa shape index (κ3) is 6.80. The number of likely N-dealkylation sites (tertiary alicyclic amines) is 1. The molecule has 11 heteroatoms. The summed E-state index contributed by atoms with van der Waals surface area (Å²) in [6.45, 7) is 6.96. The van der Waals surface area contributed by atoms with E-state index in [2.05, 4.69) is 28.1 Å². The molecule has 1 fully saturated rings. The van der Waals surface area contributed by atoms with Crippen molar-refractivity contribution < 1.29 is 14.3 Å². The number of aryl methyl sites for hydroxylation is 1.